The van der Waals surface area contributed by atoms with Crippen molar-refractivity contribution >= 4 is 33.4 Å². The Kier molecular flexibility index (Phi) is 4.68. The average Bonchev–Trinajstić information content (AvgIpc) is 2.81. The predicted molar refractivity (Wildman–Crippen MR) is 77.3 cm³/mol. The van der Waals surface area contributed by atoms with E-state index < -0.39 is 0 Å². The van der Waals surface area contributed by atoms with Crippen molar-refractivity contribution in [1.82, 2.24) is 4.57 Å². The van der Waals surface area contributed by atoms with E-state index in [2.05, 4.69) is 9.73 Å². The van der Waals surface area contributed by atoms with Crippen LogP contribution in [0.25, 0.3) is 10.2 Å². The number of ether oxygens (including phenoxy) is 1. The third-order valence-electron chi connectivity index (χ3n) is 2.88. The van der Waals surface area contributed by atoms with Crippen molar-refractivity contribution in [2.75, 3.05) is 7.11 Å². The molecule has 0 N–H and O–H groups in total. The van der Waals surface area contributed by atoms with Crippen LogP contribution in [0.2, 0.25) is 0 Å². The normalized spacial score (nSPS) is 11.8. The van der Waals surface area contributed by atoms with Crippen molar-refractivity contribution in [3.63, 3.8) is 0 Å². The van der Waals surface area contributed by atoms with Crippen LogP contribution in [-0.4, -0.2) is 23.6 Å². The first kappa shape index (κ1) is 14.5. The molecular weight excluding hydrogens is 276 g/mol. The van der Waals surface area contributed by atoms with Crippen LogP contribution in [0.1, 0.15) is 19.8 Å². The highest BCUT2D eigenvalue weighted by Gasteiger charge is 2.09. The van der Waals surface area contributed by atoms with Gasteiger partial charge in [0.25, 0.3) is 0 Å². The van der Waals surface area contributed by atoms with Crippen molar-refractivity contribution in [3.8, 4) is 0 Å². The van der Waals surface area contributed by atoms with Gasteiger partial charge in [-0.15, -0.1) is 0 Å². The third kappa shape index (κ3) is 3.14. The number of fused-ring (bicyclic) bond motifs is 1. The molecule has 6 heteroatoms. The number of para-hydroxylation sites is 1. The molecule has 0 saturated heterocycles. The van der Waals surface area contributed by atoms with E-state index in [9.17, 15) is 9.59 Å². The third-order valence-corrected chi connectivity index (χ3v) is 3.94. The van der Waals surface area contributed by atoms with Gasteiger partial charge in [-0.05, 0) is 12.1 Å². The molecule has 0 aliphatic rings. The van der Waals surface area contributed by atoms with Crippen LogP contribution in [0.15, 0.2) is 29.3 Å². The van der Waals surface area contributed by atoms with Gasteiger partial charge in [-0.1, -0.05) is 30.4 Å². The molecule has 0 atom stereocenters. The Hall–Kier alpha value is -1.95. The van der Waals surface area contributed by atoms with E-state index in [1.807, 2.05) is 28.8 Å². The van der Waals surface area contributed by atoms with Crippen LogP contribution in [0.5, 0.6) is 0 Å². The maximum atomic E-state index is 11.5. The fraction of sp³-hybridized carbons (Fsp3) is 0.357. The molecule has 1 heterocycles. The molecule has 1 aromatic heterocycles. The molecule has 1 amide bonds. The molecular formula is C14H16N2O3S. The number of aryl methyl sites for hydroxylation is 1. The average molecular weight is 292 g/mol. The van der Waals surface area contributed by atoms with Crippen LogP contribution in [0, 0.1) is 0 Å². The molecule has 0 bridgehead atoms. The van der Waals surface area contributed by atoms with E-state index in [0.717, 1.165) is 10.2 Å². The van der Waals surface area contributed by atoms with Gasteiger partial charge in [0.2, 0.25) is 5.91 Å². The first-order chi connectivity index (χ1) is 9.65. The molecule has 0 unspecified atom stereocenters. The molecule has 20 heavy (non-hydrogen) atoms. The molecule has 0 aliphatic carbocycles. The summed E-state index contributed by atoms with van der Waals surface area (Å²) >= 11 is 1.45. The summed E-state index contributed by atoms with van der Waals surface area (Å²) < 4.78 is 7.59. The fourth-order valence-corrected chi connectivity index (χ4v) is 2.89. The highest BCUT2D eigenvalue weighted by Crippen LogP contribution is 2.17. The number of methoxy groups -OCH3 is 1. The summed E-state index contributed by atoms with van der Waals surface area (Å²) in [6, 6.07) is 7.80. The number of hydrogen-bond acceptors (Lipinski definition) is 4. The summed E-state index contributed by atoms with van der Waals surface area (Å²) in [6.45, 7) is 2.23. The summed E-state index contributed by atoms with van der Waals surface area (Å²) in [5.74, 6) is -0.441. The van der Waals surface area contributed by atoms with Crippen molar-refractivity contribution in [2.24, 2.45) is 4.99 Å². The first-order valence-corrected chi connectivity index (χ1v) is 7.20. The van der Waals surface area contributed by atoms with E-state index in [0.29, 0.717) is 17.8 Å². The van der Waals surface area contributed by atoms with Gasteiger partial charge in [-0.2, -0.15) is 4.99 Å². The lowest BCUT2D eigenvalue weighted by atomic mass is 10.3. The van der Waals surface area contributed by atoms with Crippen LogP contribution in [-0.2, 0) is 20.9 Å². The second kappa shape index (κ2) is 6.47. The van der Waals surface area contributed by atoms with Crippen LogP contribution < -0.4 is 4.80 Å². The minimum Gasteiger partial charge on any atom is -0.469 e. The summed E-state index contributed by atoms with van der Waals surface area (Å²) in [6.07, 6.45) is 0.621. The van der Waals surface area contributed by atoms with Gasteiger partial charge in [-0.3, -0.25) is 9.59 Å². The molecule has 5 nitrogen and oxygen atoms in total. The van der Waals surface area contributed by atoms with Gasteiger partial charge in [0.05, 0.1) is 23.7 Å². The largest absolute Gasteiger partial charge is 0.469 e. The highest BCUT2D eigenvalue weighted by molar-refractivity contribution is 7.16. The summed E-state index contributed by atoms with van der Waals surface area (Å²) in [7, 11) is 1.37. The maximum absolute atomic E-state index is 11.5. The van der Waals surface area contributed by atoms with Gasteiger partial charge < -0.3 is 9.30 Å². The van der Waals surface area contributed by atoms with E-state index in [4.69, 9.17) is 0 Å². The van der Waals surface area contributed by atoms with Gasteiger partial charge in [-0.25, -0.2) is 0 Å². The number of benzene rings is 1. The second-order valence-electron chi connectivity index (χ2n) is 4.19. The van der Waals surface area contributed by atoms with Crippen molar-refractivity contribution < 1.29 is 14.3 Å². The molecule has 2 aromatic rings. The zero-order valence-corrected chi connectivity index (χ0v) is 12.3. The predicted octanol–water partition coefficient (Wildman–Crippen LogP) is 2.10. The van der Waals surface area contributed by atoms with Crippen molar-refractivity contribution in [2.45, 2.75) is 26.3 Å². The monoisotopic (exact) mass is 292 g/mol. The maximum Gasteiger partial charge on any atom is 0.307 e. The highest BCUT2D eigenvalue weighted by atomic mass is 32.1. The molecule has 106 valence electrons. The number of amides is 1. The number of thiazole rings is 1. The number of esters is 1. The number of carbonyl (C=O) groups excluding carboxylic acids is 2. The van der Waals surface area contributed by atoms with Crippen molar-refractivity contribution in [3.05, 3.63) is 29.1 Å². The Morgan fingerprint density at radius 3 is 2.80 bits per heavy atom. The number of hydrogen-bond donors (Lipinski definition) is 0. The van der Waals surface area contributed by atoms with E-state index in [1.54, 1.807) is 6.92 Å². The van der Waals surface area contributed by atoms with Gasteiger partial charge in [0, 0.05) is 13.0 Å². The summed E-state index contributed by atoms with van der Waals surface area (Å²) in [5, 5.41) is 0. The quantitative estimate of drug-likeness (QED) is 0.811. The van der Waals surface area contributed by atoms with E-state index in [-0.39, 0.29) is 18.3 Å². The van der Waals surface area contributed by atoms with Crippen LogP contribution in [0.4, 0.5) is 0 Å². The zero-order valence-electron chi connectivity index (χ0n) is 11.5. The summed E-state index contributed by atoms with van der Waals surface area (Å²) in [5.41, 5.74) is 0.976. The minimum absolute atomic E-state index is 0.164. The van der Waals surface area contributed by atoms with Crippen molar-refractivity contribution in [1.29, 1.82) is 0 Å². The van der Waals surface area contributed by atoms with Gasteiger partial charge in [0.1, 0.15) is 0 Å². The van der Waals surface area contributed by atoms with Crippen LogP contribution >= 0.6 is 11.3 Å². The second-order valence-corrected chi connectivity index (χ2v) is 5.20. The Balaban J connectivity index is 2.47. The van der Waals surface area contributed by atoms with Gasteiger partial charge >= 0.3 is 5.97 Å². The molecule has 0 radical (unpaired) electrons. The SMILES string of the molecule is CCC(=O)N=c1sc2ccccc2n1CCC(=O)OC. The fourth-order valence-electron chi connectivity index (χ4n) is 1.81. The Labute approximate surface area is 120 Å². The molecule has 1 aromatic carbocycles. The standard InChI is InChI=1S/C14H16N2O3S/c1-3-12(17)15-14-16(9-8-13(18)19-2)10-6-4-5-7-11(10)20-14/h4-7H,3,8-9H2,1-2H3. The topological polar surface area (TPSA) is 60.7 Å². The molecule has 2 rings (SSSR count). The molecule has 0 saturated carbocycles. The van der Waals surface area contributed by atoms with E-state index >= 15 is 0 Å². The molecule has 0 spiro atoms. The van der Waals surface area contributed by atoms with E-state index in [1.165, 1.54) is 18.4 Å². The lowest BCUT2D eigenvalue weighted by Gasteiger charge is -2.03. The Bertz CT molecular complexity index is 700. The Morgan fingerprint density at radius 2 is 2.10 bits per heavy atom. The smallest absolute Gasteiger partial charge is 0.307 e. The van der Waals surface area contributed by atoms with Crippen LogP contribution in [0.3, 0.4) is 0 Å². The number of aromatic nitrogens is 1. The number of rotatable bonds is 4. The summed E-state index contributed by atoms with van der Waals surface area (Å²) in [4.78, 5) is 27.6. The lowest BCUT2D eigenvalue weighted by molar-refractivity contribution is -0.140. The first-order valence-electron chi connectivity index (χ1n) is 6.38. The lowest BCUT2D eigenvalue weighted by Crippen LogP contribution is -2.19. The molecule has 0 aliphatic heterocycles. The minimum atomic E-state index is -0.277. The number of carbonyl (C=O) groups is 2. The Morgan fingerprint density at radius 1 is 1.35 bits per heavy atom. The zero-order chi connectivity index (χ0) is 14.5. The number of nitrogens with zero attached hydrogens (tertiary/aromatic N) is 2. The molecule has 0 fully saturated rings. The van der Waals surface area contributed by atoms with Gasteiger partial charge in [0.15, 0.2) is 4.80 Å².